The van der Waals surface area contributed by atoms with E-state index in [4.69, 9.17) is 27.9 Å². The van der Waals surface area contributed by atoms with Crippen LogP contribution in [0.2, 0.25) is 5.02 Å². The third kappa shape index (κ3) is 6.04. The van der Waals surface area contributed by atoms with Gasteiger partial charge in [0.2, 0.25) is 0 Å². The second kappa shape index (κ2) is 10.7. The Bertz CT molecular complexity index is 1610. The highest BCUT2D eigenvalue weighted by molar-refractivity contribution is 7.89. The van der Waals surface area contributed by atoms with E-state index in [0.29, 0.717) is 38.9 Å². The quantitative estimate of drug-likeness (QED) is 0.237. The van der Waals surface area contributed by atoms with Gasteiger partial charge in [0, 0.05) is 11.7 Å². The van der Waals surface area contributed by atoms with Gasteiger partial charge in [-0.25, -0.2) is 13.4 Å². The van der Waals surface area contributed by atoms with Gasteiger partial charge >= 0.3 is 0 Å². The number of nitriles is 1. The molecule has 0 atom stereocenters. The lowest BCUT2D eigenvalue weighted by molar-refractivity contribution is 0.341. The van der Waals surface area contributed by atoms with Crippen molar-refractivity contribution in [3.8, 4) is 22.9 Å². The Morgan fingerprint density at radius 3 is 2.35 bits per heavy atom. The van der Waals surface area contributed by atoms with Crippen LogP contribution in [-0.4, -0.2) is 37.1 Å². The van der Waals surface area contributed by atoms with Gasteiger partial charge in [-0.15, -0.1) is 11.6 Å². The molecule has 0 fully saturated rings. The van der Waals surface area contributed by atoms with Crippen LogP contribution >= 0.6 is 23.2 Å². The van der Waals surface area contributed by atoms with Gasteiger partial charge in [0.1, 0.15) is 12.7 Å². The summed E-state index contributed by atoms with van der Waals surface area (Å²) in [6, 6.07) is 19.7. The molecule has 0 radical (unpaired) electrons. The zero-order valence-corrected chi connectivity index (χ0v) is 23.0. The van der Waals surface area contributed by atoms with E-state index in [1.807, 2.05) is 42.5 Å². The first-order valence-corrected chi connectivity index (χ1v) is 14.5. The van der Waals surface area contributed by atoms with Gasteiger partial charge in [-0.3, -0.25) is 4.98 Å². The molecule has 0 unspecified atom stereocenters. The van der Waals surface area contributed by atoms with Crippen molar-refractivity contribution in [2.24, 2.45) is 0 Å². The molecule has 0 bridgehead atoms. The number of halogens is 2. The Morgan fingerprint density at radius 2 is 1.70 bits per heavy atom. The van der Waals surface area contributed by atoms with E-state index in [2.05, 4.69) is 42.0 Å². The number of benzene rings is 3. The predicted molar refractivity (Wildman–Crippen MR) is 148 cm³/mol. The van der Waals surface area contributed by atoms with E-state index in [1.165, 1.54) is 12.5 Å². The van der Waals surface area contributed by atoms with Gasteiger partial charge in [-0.05, 0) is 46.5 Å². The monoisotopic (exact) mass is 553 g/mol. The van der Waals surface area contributed by atoms with Gasteiger partial charge < -0.3 is 4.74 Å². The minimum absolute atomic E-state index is 0.140. The van der Waals surface area contributed by atoms with Crippen LogP contribution in [0.4, 0.5) is 0 Å². The average Bonchev–Trinajstić information content (AvgIpc) is 2.86. The van der Waals surface area contributed by atoms with E-state index in [0.717, 1.165) is 22.3 Å². The van der Waals surface area contributed by atoms with Gasteiger partial charge in [0.15, 0.2) is 15.6 Å². The molecule has 0 aliphatic carbocycles. The van der Waals surface area contributed by atoms with Crippen LogP contribution in [0.3, 0.4) is 0 Å². The first-order chi connectivity index (χ1) is 17.5. The molecule has 1 aromatic heterocycles. The van der Waals surface area contributed by atoms with Crippen molar-refractivity contribution in [1.82, 2.24) is 9.97 Å². The molecule has 0 saturated carbocycles. The third-order valence-electron chi connectivity index (χ3n) is 6.15. The standard InChI is InChI=1S/C28H25Cl2N3O3S/c1-28(2,22-12-20(15-31)27(24(30)14-22)36-11-10-29)21-7-4-18(5-8-21)19-6-9-25-26(13-19)32-16-23(33-25)17-37(3,34)35/h4-9,12-14,16H,10-11,17H2,1-3H3. The summed E-state index contributed by atoms with van der Waals surface area (Å²) in [5.74, 6) is 0.510. The summed E-state index contributed by atoms with van der Waals surface area (Å²) in [7, 11) is -3.18. The van der Waals surface area contributed by atoms with Crippen molar-refractivity contribution in [3.63, 3.8) is 0 Å². The molecule has 3 aromatic carbocycles. The Hall–Kier alpha value is -3.18. The number of hydrogen-bond donors (Lipinski definition) is 0. The normalized spacial score (nSPS) is 11.9. The Balaban J connectivity index is 1.62. The fourth-order valence-electron chi connectivity index (χ4n) is 4.14. The summed E-state index contributed by atoms with van der Waals surface area (Å²) in [4.78, 5) is 8.84. The minimum Gasteiger partial charge on any atom is -0.489 e. The smallest absolute Gasteiger partial charge is 0.155 e. The minimum atomic E-state index is -3.18. The van der Waals surface area contributed by atoms with Gasteiger partial charge in [0.05, 0.1) is 45.1 Å². The second-order valence-electron chi connectivity index (χ2n) is 9.32. The highest BCUT2D eigenvalue weighted by Crippen LogP contribution is 2.39. The van der Waals surface area contributed by atoms with Crippen LogP contribution in [0, 0.1) is 11.3 Å². The predicted octanol–water partition coefficient (Wildman–Crippen LogP) is 6.31. The van der Waals surface area contributed by atoms with Crippen molar-refractivity contribution in [3.05, 3.63) is 88.2 Å². The van der Waals surface area contributed by atoms with Crippen molar-refractivity contribution in [2.75, 3.05) is 18.7 Å². The Kier molecular flexibility index (Phi) is 7.75. The van der Waals surface area contributed by atoms with Crippen LogP contribution in [0.25, 0.3) is 22.2 Å². The summed E-state index contributed by atoms with van der Waals surface area (Å²) in [5.41, 5.74) is 5.62. The lowest BCUT2D eigenvalue weighted by atomic mass is 9.77. The molecule has 1 heterocycles. The Labute approximate surface area is 226 Å². The molecule has 4 aromatic rings. The number of hydrogen-bond acceptors (Lipinski definition) is 6. The number of sulfone groups is 1. The lowest BCUT2D eigenvalue weighted by Crippen LogP contribution is -2.19. The average molecular weight is 554 g/mol. The van der Waals surface area contributed by atoms with Crippen molar-refractivity contribution < 1.29 is 13.2 Å². The van der Waals surface area contributed by atoms with E-state index >= 15 is 0 Å². The van der Waals surface area contributed by atoms with Crippen LogP contribution in [-0.2, 0) is 21.0 Å². The SMILES string of the molecule is CC(C)(c1ccc(-c2ccc3nc(CS(C)(=O)=O)cnc3c2)cc1)c1cc(Cl)c(OCCCl)c(C#N)c1. The molecular formula is C28H25Cl2N3O3S. The maximum atomic E-state index is 11.6. The summed E-state index contributed by atoms with van der Waals surface area (Å²) >= 11 is 12.2. The summed E-state index contributed by atoms with van der Waals surface area (Å²) < 4.78 is 28.7. The Morgan fingerprint density at radius 1 is 1.00 bits per heavy atom. The van der Waals surface area contributed by atoms with Gasteiger partial charge in [0.25, 0.3) is 0 Å². The molecule has 4 rings (SSSR count). The van der Waals surface area contributed by atoms with E-state index < -0.39 is 15.3 Å². The number of rotatable bonds is 8. The van der Waals surface area contributed by atoms with Gasteiger partial charge in [-0.1, -0.05) is 55.8 Å². The zero-order valence-electron chi connectivity index (χ0n) is 20.6. The first-order valence-electron chi connectivity index (χ1n) is 11.5. The summed E-state index contributed by atoms with van der Waals surface area (Å²) in [6.45, 7) is 4.42. The summed E-state index contributed by atoms with van der Waals surface area (Å²) in [5, 5.41) is 10.0. The topological polar surface area (TPSA) is 92.9 Å². The van der Waals surface area contributed by atoms with E-state index in [1.54, 1.807) is 0 Å². The van der Waals surface area contributed by atoms with Crippen molar-refractivity contribution in [1.29, 1.82) is 5.26 Å². The molecule has 0 spiro atoms. The molecule has 0 N–H and O–H groups in total. The zero-order chi connectivity index (χ0) is 26.8. The number of aromatic nitrogens is 2. The van der Waals surface area contributed by atoms with Crippen molar-refractivity contribution >= 4 is 44.1 Å². The molecule has 6 nitrogen and oxygen atoms in total. The molecule has 37 heavy (non-hydrogen) atoms. The molecule has 9 heteroatoms. The largest absolute Gasteiger partial charge is 0.489 e. The lowest BCUT2D eigenvalue weighted by Gasteiger charge is -2.27. The highest BCUT2D eigenvalue weighted by atomic mass is 35.5. The maximum absolute atomic E-state index is 11.6. The van der Waals surface area contributed by atoms with E-state index in [9.17, 15) is 13.7 Å². The number of alkyl halides is 1. The molecule has 0 saturated heterocycles. The fraction of sp³-hybridized carbons (Fsp3) is 0.250. The molecule has 0 aliphatic rings. The third-order valence-corrected chi connectivity index (χ3v) is 7.41. The molecular weight excluding hydrogens is 529 g/mol. The number of nitrogens with zero attached hydrogens (tertiary/aromatic N) is 3. The van der Waals surface area contributed by atoms with Crippen LogP contribution < -0.4 is 4.74 Å². The van der Waals surface area contributed by atoms with E-state index in [-0.39, 0.29) is 12.4 Å². The molecule has 0 aliphatic heterocycles. The summed E-state index contributed by atoms with van der Waals surface area (Å²) in [6.07, 6.45) is 2.68. The van der Waals surface area contributed by atoms with Gasteiger partial charge in [-0.2, -0.15) is 5.26 Å². The number of fused-ring (bicyclic) bond motifs is 1. The molecule has 0 amide bonds. The van der Waals surface area contributed by atoms with Crippen LogP contribution in [0.1, 0.15) is 36.2 Å². The highest BCUT2D eigenvalue weighted by Gasteiger charge is 2.26. The molecule has 190 valence electrons. The maximum Gasteiger partial charge on any atom is 0.155 e. The fourth-order valence-corrected chi connectivity index (χ4v) is 5.16. The number of ether oxygens (including phenoxy) is 1. The van der Waals surface area contributed by atoms with Crippen LogP contribution in [0.5, 0.6) is 5.75 Å². The van der Waals surface area contributed by atoms with Crippen LogP contribution in [0.15, 0.2) is 60.8 Å². The first kappa shape index (κ1) is 26.9. The van der Waals surface area contributed by atoms with Crippen molar-refractivity contribution in [2.45, 2.75) is 25.0 Å². The second-order valence-corrected chi connectivity index (χ2v) is 12.2.